The summed E-state index contributed by atoms with van der Waals surface area (Å²) < 4.78 is 0. The molecule has 3 rings (SSSR count). The number of nitrogens with zero attached hydrogens (tertiary/aromatic N) is 3. The van der Waals surface area contributed by atoms with Gasteiger partial charge < -0.3 is 9.80 Å². The number of piperazine rings is 1. The van der Waals surface area contributed by atoms with Crippen molar-refractivity contribution in [3.63, 3.8) is 0 Å². The lowest BCUT2D eigenvalue weighted by Crippen LogP contribution is -2.48. The lowest BCUT2D eigenvalue weighted by Gasteiger charge is -2.36. The Morgan fingerprint density at radius 3 is 2.40 bits per heavy atom. The second-order valence-electron chi connectivity index (χ2n) is 5.98. The first-order valence-electron chi connectivity index (χ1n) is 8.19. The quantitative estimate of drug-likeness (QED) is 0.621. The number of carbonyl (C=O) groups excluding carboxylic acids is 2. The third-order valence-corrected chi connectivity index (χ3v) is 4.39. The van der Waals surface area contributed by atoms with Crippen LogP contribution in [0.4, 0.5) is 5.69 Å². The average Bonchev–Trinajstić information content (AvgIpc) is 2.68. The highest BCUT2D eigenvalue weighted by molar-refractivity contribution is 5.96. The Bertz CT molecular complexity index is 766. The largest absolute Gasteiger partial charge is 0.368 e. The van der Waals surface area contributed by atoms with Crippen LogP contribution in [0.5, 0.6) is 0 Å². The second-order valence-corrected chi connectivity index (χ2v) is 5.98. The van der Waals surface area contributed by atoms with E-state index in [2.05, 4.69) is 10.1 Å². The van der Waals surface area contributed by atoms with Gasteiger partial charge in [0.05, 0.1) is 0 Å². The van der Waals surface area contributed by atoms with Gasteiger partial charge in [-0.15, -0.1) is 0 Å². The summed E-state index contributed by atoms with van der Waals surface area (Å²) in [4.78, 5) is 37.8. The zero-order valence-electron chi connectivity index (χ0n) is 13.8. The van der Waals surface area contributed by atoms with E-state index in [0.717, 1.165) is 30.6 Å². The van der Waals surface area contributed by atoms with Gasteiger partial charge in [0.1, 0.15) is 12.8 Å². The smallest absolute Gasteiger partial charge is 0.253 e. The van der Waals surface area contributed by atoms with Crippen LogP contribution in [0.1, 0.15) is 26.3 Å². The minimum atomic E-state index is -0.0456. The number of carbonyl (C=O) groups is 2. The molecule has 0 bridgehead atoms. The van der Waals surface area contributed by atoms with E-state index < -0.39 is 0 Å². The summed E-state index contributed by atoms with van der Waals surface area (Å²) in [5.41, 5.74) is 3.02. The van der Waals surface area contributed by atoms with E-state index in [9.17, 15) is 14.5 Å². The third kappa shape index (κ3) is 3.91. The molecule has 25 heavy (non-hydrogen) atoms. The molecule has 0 aliphatic carbocycles. The van der Waals surface area contributed by atoms with Crippen LogP contribution in [0, 0.1) is 4.91 Å². The van der Waals surface area contributed by atoms with E-state index in [1.165, 1.54) is 0 Å². The zero-order valence-corrected chi connectivity index (χ0v) is 13.8. The van der Waals surface area contributed by atoms with Crippen molar-refractivity contribution >= 4 is 17.9 Å². The summed E-state index contributed by atoms with van der Waals surface area (Å²) in [6, 6.07) is 14.5. The summed E-state index contributed by atoms with van der Waals surface area (Å²) >= 11 is 0. The molecule has 6 nitrogen and oxygen atoms in total. The van der Waals surface area contributed by atoms with Gasteiger partial charge in [-0.05, 0) is 29.8 Å². The van der Waals surface area contributed by atoms with Crippen molar-refractivity contribution in [1.29, 1.82) is 0 Å². The van der Waals surface area contributed by atoms with Crippen molar-refractivity contribution in [2.75, 3.05) is 31.1 Å². The standard InChI is InChI=1S/C19H19N3O3/c23-14-16-2-1-3-17(12-16)19(24)22-10-8-21(9-11-22)18-6-4-15(5-7-18)13-20-25/h1-7,12,14H,8-11,13H2. The summed E-state index contributed by atoms with van der Waals surface area (Å²) in [7, 11) is 0. The van der Waals surface area contributed by atoms with Gasteiger partial charge in [-0.2, -0.15) is 4.91 Å². The highest BCUT2D eigenvalue weighted by Crippen LogP contribution is 2.19. The Morgan fingerprint density at radius 1 is 1.04 bits per heavy atom. The van der Waals surface area contributed by atoms with Crippen LogP contribution >= 0.6 is 0 Å². The lowest BCUT2D eigenvalue weighted by molar-refractivity contribution is 0.0747. The summed E-state index contributed by atoms with van der Waals surface area (Å²) in [5, 5.41) is 2.89. The van der Waals surface area contributed by atoms with Gasteiger partial charge in [0, 0.05) is 43.0 Å². The zero-order chi connectivity index (χ0) is 17.6. The van der Waals surface area contributed by atoms with Crippen molar-refractivity contribution in [2.24, 2.45) is 5.18 Å². The highest BCUT2D eigenvalue weighted by Gasteiger charge is 2.22. The number of anilines is 1. The molecule has 0 N–H and O–H groups in total. The molecule has 1 fully saturated rings. The van der Waals surface area contributed by atoms with Gasteiger partial charge in [0.2, 0.25) is 0 Å². The van der Waals surface area contributed by atoms with E-state index in [1.54, 1.807) is 24.3 Å². The number of benzene rings is 2. The lowest BCUT2D eigenvalue weighted by atomic mass is 10.1. The molecule has 6 heteroatoms. The molecule has 0 radical (unpaired) electrons. The number of hydrogen-bond acceptors (Lipinski definition) is 5. The van der Waals surface area contributed by atoms with Crippen molar-refractivity contribution in [3.05, 3.63) is 70.1 Å². The van der Waals surface area contributed by atoms with Crippen molar-refractivity contribution in [1.82, 2.24) is 4.90 Å². The first-order valence-corrected chi connectivity index (χ1v) is 8.19. The number of hydrogen-bond donors (Lipinski definition) is 0. The minimum Gasteiger partial charge on any atom is -0.368 e. The molecule has 2 aromatic rings. The molecule has 1 aliphatic heterocycles. The maximum atomic E-state index is 12.6. The van der Waals surface area contributed by atoms with E-state index in [-0.39, 0.29) is 12.5 Å². The van der Waals surface area contributed by atoms with Crippen LogP contribution in [0.2, 0.25) is 0 Å². The normalized spacial score (nSPS) is 14.2. The summed E-state index contributed by atoms with van der Waals surface area (Å²) in [5.74, 6) is -0.0456. The Morgan fingerprint density at radius 2 is 1.76 bits per heavy atom. The van der Waals surface area contributed by atoms with Crippen LogP contribution in [-0.2, 0) is 6.54 Å². The predicted octanol–water partition coefficient (Wildman–Crippen LogP) is 2.73. The molecular formula is C19H19N3O3. The molecule has 0 spiro atoms. The predicted molar refractivity (Wildman–Crippen MR) is 95.9 cm³/mol. The highest BCUT2D eigenvalue weighted by atomic mass is 16.3. The van der Waals surface area contributed by atoms with Gasteiger partial charge >= 0.3 is 0 Å². The van der Waals surface area contributed by atoms with Crippen LogP contribution < -0.4 is 4.90 Å². The second kappa shape index (κ2) is 7.70. The number of aldehydes is 1. The summed E-state index contributed by atoms with van der Waals surface area (Å²) in [6.45, 7) is 2.92. The maximum Gasteiger partial charge on any atom is 0.253 e. The minimum absolute atomic E-state index is 0.0456. The number of rotatable bonds is 5. The van der Waals surface area contributed by atoms with Gasteiger partial charge in [-0.25, -0.2) is 0 Å². The van der Waals surface area contributed by atoms with Crippen LogP contribution in [0.15, 0.2) is 53.7 Å². The first-order chi connectivity index (χ1) is 12.2. The molecule has 0 unspecified atom stereocenters. The van der Waals surface area contributed by atoms with E-state index >= 15 is 0 Å². The summed E-state index contributed by atoms with van der Waals surface area (Å²) in [6.07, 6.45) is 0.749. The van der Waals surface area contributed by atoms with Crippen molar-refractivity contribution < 1.29 is 9.59 Å². The molecule has 0 saturated carbocycles. The van der Waals surface area contributed by atoms with E-state index in [1.807, 2.05) is 29.2 Å². The molecule has 1 aliphatic rings. The van der Waals surface area contributed by atoms with Gasteiger partial charge in [-0.3, -0.25) is 9.59 Å². The molecule has 1 saturated heterocycles. The molecule has 0 atom stereocenters. The molecule has 1 amide bonds. The average molecular weight is 337 g/mol. The fourth-order valence-electron chi connectivity index (χ4n) is 2.98. The van der Waals surface area contributed by atoms with Crippen LogP contribution in [-0.4, -0.2) is 43.3 Å². The topological polar surface area (TPSA) is 70.1 Å². The van der Waals surface area contributed by atoms with Gasteiger partial charge in [0.25, 0.3) is 5.91 Å². The van der Waals surface area contributed by atoms with Gasteiger partial charge in [0.15, 0.2) is 0 Å². The molecule has 2 aromatic carbocycles. The SMILES string of the molecule is O=Cc1cccc(C(=O)N2CCN(c3ccc(CN=O)cc3)CC2)c1. The Kier molecular flexibility index (Phi) is 5.18. The fraction of sp³-hybridized carbons (Fsp3) is 0.263. The Labute approximate surface area is 146 Å². The number of amides is 1. The van der Waals surface area contributed by atoms with Crippen molar-refractivity contribution in [2.45, 2.75) is 6.54 Å². The molecule has 1 heterocycles. The Balaban J connectivity index is 1.61. The van der Waals surface area contributed by atoms with Crippen LogP contribution in [0.25, 0.3) is 0 Å². The molecular weight excluding hydrogens is 318 g/mol. The first kappa shape index (κ1) is 16.8. The molecule has 0 aromatic heterocycles. The van der Waals surface area contributed by atoms with E-state index in [4.69, 9.17) is 0 Å². The maximum absolute atomic E-state index is 12.6. The fourth-order valence-corrected chi connectivity index (χ4v) is 2.98. The van der Waals surface area contributed by atoms with Gasteiger partial charge in [-0.1, -0.05) is 29.4 Å². The number of nitroso groups, excluding NO2 is 1. The monoisotopic (exact) mass is 337 g/mol. The van der Waals surface area contributed by atoms with E-state index in [0.29, 0.717) is 24.2 Å². The van der Waals surface area contributed by atoms with Crippen molar-refractivity contribution in [3.8, 4) is 0 Å². The third-order valence-electron chi connectivity index (χ3n) is 4.39. The van der Waals surface area contributed by atoms with Crippen LogP contribution in [0.3, 0.4) is 0 Å². The Hall–Kier alpha value is -3.02. The molecule has 128 valence electrons.